The van der Waals surface area contributed by atoms with E-state index < -0.39 is 15.7 Å². The molecule has 1 atom stereocenters. The van der Waals surface area contributed by atoms with Crippen molar-refractivity contribution in [3.8, 4) is 0 Å². The van der Waals surface area contributed by atoms with Crippen LogP contribution < -0.4 is 5.32 Å². The molecule has 0 aromatic heterocycles. The Balaban J connectivity index is 2.72. The lowest BCUT2D eigenvalue weighted by Crippen LogP contribution is -2.27. The monoisotopic (exact) mass is 256 g/mol. The molecule has 0 aliphatic rings. The Morgan fingerprint density at radius 1 is 1.41 bits per heavy atom. The van der Waals surface area contributed by atoms with Crippen LogP contribution in [0.3, 0.4) is 0 Å². The Morgan fingerprint density at radius 3 is 2.65 bits per heavy atom. The zero-order valence-corrected chi connectivity index (χ0v) is 10.7. The van der Waals surface area contributed by atoms with Crippen LogP contribution in [0.25, 0.3) is 0 Å². The van der Waals surface area contributed by atoms with Crippen LogP contribution in [0.1, 0.15) is 13.8 Å². The Hall–Kier alpha value is -1.27. The number of nitrogens with zero attached hydrogens (tertiary/aromatic N) is 1. The van der Waals surface area contributed by atoms with Crippen LogP contribution in [0.4, 0.5) is 5.69 Å². The van der Waals surface area contributed by atoms with Gasteiger partial charge in [-0.25, -0.2) is 0 Å². The number of nitro benzene ring substituents is 1. The molecule has 6 heteroatoms. The SMILES string of the molecule is CC(C)NCCS(=O)c1ccccc1[N+](=O)[O-]. The number of benzene rings is 1. The Morgan fingerprint density at radius 2 is 2.06 bits per heavy atom. The molecule has 1 aromatic carbocycles. The number of hydrogen-bond acceptors (Lipinski definition) is 4. The number of para-hydroxylation sites is 1. The van der Waals surface area contributed by atoms with E-state index in [1.807, 2.05) is 13.8 Å². The molecule has 1 N–H and O–H groups in total. The third-order valence-corrected chi connectivity index (χ3v) is 3.56. The molecule has 0 bridgehead atoms. The molecule has 17 heavy (non-hydrogen) atoms. The first kappa shape index (κ1) is 13.8. The quantitative estimate of drug-likeness (QED) is 0.621. The fourth-order valence-electron chi connectivity index (χ4n) is 1.35. The van der Waals surface area contributed by atoms with Gasteiger partial charge in [-0.3, -0.25) is 14.3 Å². The number of nitrogens with one attached hydrogen (secondary N) is 1. The predicted octanol–water partition coefficient (Wildman–Crippen LogP) is 1.70. The minimum absolute atomic E-state index is 0.0737. The van der Waals surface area contributed by atoms with Gasteiger partial charge in [-0.2, -0.15) is 0 Å². The third-order valence-electron chi connectivity index (χ3n) is 2.15. The second-order valence-corrected chi connectivity index (χ2v) is 5.42. The summed E-state index contributed by atoms with van der Waals surface area (Å²) < 4.78 is 11.9. The summed E-state index contributed by atoms with van der Waals surface area (Å²) in [5.41, 5.74) is -0.0737. The summed E-state index contributed by atoms with van der Waals surface area (Å²) in [6.07, 6.45) is 0. The Labute approximate surface area is 103 Å². The molecule has 0 saturated carbocycles. The predicted molar refractivity (Wildman–Crippen MR) is 67.5 cm³/mol. The largest absolute Gasteiger partial charge is 0.314 e. The number of rotatable bonds is 6. The van der Waals surface area contributed by atoms with Crippen LogP contribution in [-0.2, 0) is 10.8 Å². The molecule has 0 aliphatic carbocycles. The lowest BCUT2D eigenvalue weighted by Gasteiger charge is -2.07. The van der Waals surface area contributed by atoms with Gasteiger partial charge in [-0.15, -0.1) is 0 Å². The van der Waals surface area contributed by atoms with Crippen molar-refractivity contribution in [2.75, 3.05) is 12.3 Å². The van der Waals surface area contributed by atoms with E-state index in [4.69, 9.17) is 0 Å². The van der Waals surface area contributed by atoms with Gasteiger partial charge in [0, 0.05) is 24.4 Å². The van der Waals surface area contributed by atoms with E-state index in [0.717, 1.165) is 0 Å². The molecule has 1 unspecified atom stereocenters. The molecule has 0 fully saturated rings. The zero-order chi connectivity index (χ0) is 12.8. The van der Waals surface area contributed by atoms with E-state index in [-0.39, 0.29) is 5.69 Å². The maximum atomic E-state index is 11.9. The van der Waals surface area contributed by atoms with Crippen molar-refractivity contribution < 1.29 is 9.13 Å². The summed E-state index contributed by atoms with van der Waals surface area (Å²) in [5, 5.41) is 13.9. The van der Waals surface area contributed by atoms with Crippen molar-refractivity contribution in [1.29, 1.82) is 0 Å². The summed E-state index contributed by atoms with van der Waals surface area (Å²) in [6.45, 7) is 4.57. The minimum atomic E-state index is -1.34. The highest BCUT2D eigenvalue weighted by atomic mass is 32.2. The van der Waals surface area contributed by atoms with Crippen LogP contribution in [0.2, 0.25) is 0 Å². The van der Waals surface area contributed by atoms with E-state index in [2.05, 4.69) is 5.32 Å². The molecule has 94 valence electrons. The average molecular weight is 256 g/mol. The van der Waals surface area contributed by atoms with Crippen molar-refractivity contribution in [3.63, 3.8) is 0 Å². The summed E-state index contributed by atoms with van der Waals surface area (Å²) in [6, 6.07) is 6.48. The third kappa shape index (κ3) is 4.24. The highest BCUT2D eigenvalue weighted by Crippen LogP contribution is 2.21. The molecule has 0 saturated heterocycles. The van der Waals surface area contributed by atoms with Gasteiger partial charge in [0.05, 0.1) is 15.7 Å². The van der Waals surface area contributed by atoms with Crippen LogP contribution in [0, 0.1) is 10.1 Å². The van der Waals surface area contributed by atoms with E-state index in [0.29, 0.717) is 23.2 Å². The standard InChI is InChI=1S/C11H16N2O3S/c1-9(2)12-7-8-17(16)11-6-4-3-5-10(11)13(14)15/h3-6,9,12H,7-8H2,1-2H3. The molecule has 0 amide bonds. The van der Waals surface area contributed by atoms with E-state index in [9.17, 15) is 14.3 Å². The molecule has 0 radical (unpaired) electrons. The summed E-state index contributed by atoms with van der Waals surface area (Å²) in [5.74, 6) is 0.378. The highest BCUT2D eigenvalue weighted by molar-refractivity contribution is 7.85. The van der Waals surface area contributed by atoms with E-state index in [1.54, 1.807) is 18.2 Å². The first-order chi connectivity index (χ1) is 8.02. The second-order valence-electron chi connectivity index (χ2n) is 3.88. The fraction of sp³-hybridized carbons (Fsp3) is 0.455. The summed E-state index contributed by atoms with van der Waals surface area (Å²) in [4.78, 5) is 10.6. The number of nitro groups is 1. The van der Waals surface area contributed by atoms with Gasteiger partial charge < -0.3 is 5.32 Å². The van der Waals surface area contributed by atoms with Gasteiger partial charge in [0.15, 0.2) is 0 Å². The highest BCUT2D eigenvalue weighted by Gasteiger charge is 2.17. The van der Waals surface area contributed by atoms with Crippen molar-refractivity contribution in [2.45, 2.75) is 24.8 Å². The van der Waals surface area contributed by atoms with Gasteiger partial charge >= 0.3 is 0 Å². The van der Waals surface area contributed by atoms with Gasteiger partial charge in [0.25, 0.3) is 5.69 Å². The van der Waals surface area contributed by atoms with Crippen LogP contribution >= 0.6 is 0 Å². The molecule has 1 rings (SSSR count). The Kier molecular flexibility index (Phi) is 5.24. The fourth-order valence-corrected chi connectivity index (χ4v) is 2.48. The van der Waals surface area contributed by atoms with Crippen LogP contribution in [0.15, 0.2) is 29.2 Å². The second kappa shape index (κ2) is 6.46. The summed E-state index contributed by atoms with van der Waals surface area (Å²) >= 11 is 0. The molecular weight excluding hydrogens is 240 g/mol. The van der Waals surface area contributed by atoms with E-state index in [1.165, 1.54) is 6.07 Å². The maximum Gasteiger partial charge on any atom is 0.285 e. The van der Waals surface area contributed by atoms with Gasteiger partial charge in [-0.05, 0) is 6.07 Å². The summed E-state index contributed by atoms with van der Waals surface area (Å²) in [7, 11) is -1.34. The maximum absolute atomic E-state index is 11.9. The van der Waals surface area contributed by atoms with Crippen molar-refractivity contribution >= 4 is 16.5 Å². The zero-order valence-electron chi connectivity index (χ0n) is 9.88. The van der Waals surface area contributed by atoms with Gasteiger partial charge in [-0.1, -0.05) is 26.0 Å². The first-order valence-electron chi connectivity index (χ1n) is 5.37. The Bertz CT molecular complexity index is 421. The van der Waals surface area contributed by atoms with Crippen LogP contribution in [0.5, 0.6) is 0 Å². The van der Waals surface area contributed by atoms with Gasteiger partial charge in [0.1, 0.15) is 4.90 Å². The van der Waals surface area contributed by atoms with Crippen LogP contribution in [-0.4, -0.2) is 27.5 Å². The topological polar surface area (TPSA) is 72.2 Å². The number of hydrogen-bond donors (Lipinski definition) is 1. The lowest BCUT2D eigenvalue weighted by atomic mass is 10.3. The molecular formula is C11H16N2O3S. The normalized spacial score (nSPS) is 12.6. The molecule has 1 aromatic rings. The molecule has 0 heterocycles. The molecule has 5 nitrogen and oxygen atoms in total. The van der Waals surface area contributed by atoms with E-state index >= 15 is 0 Å². The molecule has 0 spiro atoms. The minimum Gasteiger partial charge on any atom is -0.314 e. The van der Waals surface area contributed by atoms with Gasteiger partial charge in [0.2, 0.25) is 0 Å². The van der Waals surface area contributed by atoms with Crippen molar-refractivity contribution in [3.05, 3.63) is 34.4 Å². The lowest BCUT2D eigenvalue weighted by molar-refractivity contribution is -0.387. The first-order valence-corrected chi connectivity index (χ1v) is 6.69. The van der Waals surface area contributed by atoms with Crippen molar-refractivity contribution in [1.82, 2.24) is 5.32 Å². The van der Waals surface area contributed by atoms with Crippen molar-refractivity contribution in [2.24, 2.45) is 0 Å². The average Bonchev–Trinajstić information content (AvgIpc) is 2.28. The molecule has 0 aliphatic heterocycles. The smallest absolute Gasteiger partial charge is 0.285 e.